The molecular formula is C15H24ClN3O2. The predicted octanol–water partition coefficient (Wildman–Crippen LogP) is 0.994. The molecule has 21 heavy (non-hydrogen) atoms. The molecule has 1 rings (SSSR count). The van der Waals surface area contributed by atoms with Gasteiger partial charge in [-0.3, -0.25) is 9.59 Å². The molecule has 0 spiro atoms. The summed E-state index contributed by atoms with van der Waals surface area (Å²) in [6.07, 6.45) is 0.943. The summed E-state index contributed by atoms with van der Waals surface area (Å²) in [5, 5.41) is 2.63. The second-order valence-electron chi connectivity index (χ2n) is 5.39. The normalized spacial score (nSPS) is 13.1. The van der Waals surface area contributed by atoms with Gasteiger partial charge in [0, 0.05) is 0 Å². The van der Waals surface area contributed by atoms with Crippen molar-refractivity contribution in [3.8, 4) is 0 Å². The van der Waals surface area contributed by atoms with Crippen LogP contribution in [0.25, 0.3) is 0 Å². The lowest BCUT2D eigenvalue weighted by atomic mass is 10.0. The summed E-state index contributed by atoms with van der Waals surface area (Å²) in [5.41, 5.74) is 12.1. The van der Waals surface area contributed by atoms with E-state index in [1.165, 1.54) is 0 Å². The SMILES string of the molecule is CC(C)C[C@@H](NC(=O)[C@H](N)Cc1ccccc1)C(N)=O.Cl. The zero-order valence-electron chi connectivity index (χ0n) is 12.4. The van der Waals surface area contributed by atoms with Gasteiger partial charge in [0.25, 0.3) is 0 Å². The quantitative estimate of drug-likeness (QED) is 0.700. The molecule has 1 aromatic rings. The van der Waals surface area contributed by atoms with Crippen LogP contribution in [0.1, 0.15) is 25.8 Å². The maximum absolute atomic E-state index is 12.0. The van der Waals surface area contributed by atoms with Crippen molar-refractivity contribution in [1.29, 1.82) is 0 Å². The van der Waals surface area contributed by atoms with Crippen molar-refractivity contribution in [3.05, 3.63) is 35.9 Å². The Morgan fingerprint density at radius 1 is 1.19 bits per heavy atom. The Labute approximate surface area is 131 Å². The fourth-order valence-corrected chi connectivity index (χ4v) is 1.96. The van der Waals surface area contributed by atoms with Crippen LogP contribution in [-0.2, 0) is 16.0 Å². The first-order valence-electron chi connectivity index (χ1n) is 6.79. The van der Waals surface area contributed by atoms with Crippen LogP contribution < -0.4 is 16.8 Å². The minimum Gasteiger partial charge on any atom is -0.368 e. The molecule has 2 atom stereocenters. The van der Waals surface area contributed by atoms with Crippen molar-refractivity contribution < 1.29 is 9.59 Å². The van der Waals surface area contributed by atoms with Crippen LogP contribution >= 0.6 is 12.4 Å². The molecule has 0 aliphatic carbocycles. The van der Waals surface area contributed by atoms with Crippen molar-refractivity contribution in [2.75, 3.05) is 0 Å². The van der Waals surface area contributed by atoms with Crippen LogP contribution in [0.4, 0.5) is 0 Å². The van der Waals surface area contributed by atoms with Crippen LogP contribution in [0.3, 0.4) is 0 Å². The van der Waals surface area contributed by atoms with Crippen molar-refractivity contribution in [3.63, 3.8) is 0 Å². The molecule has 0 unspecified atom stereocenters. The molecule has 0 saturated heterocycles. The number of nitrogens with one attached hydrogen (secondary N) is 1. The summed E-state index contributed by atoms with van der Waals surface area (Å²) in [6, 6.07) is 8.16. The molecule has 0 aliphatic heterocycles. The summed E-state index contributed by atoms with van der Waals surface area (Å²) in [6.45, 7) is 3.93. The number of amides is 2. The van der Waals surface area contributed by atoms with Crippen LogP contribution in [0.2, 0.25) is 0 Å². The number of primary amides is 1. The first kappa shape index (κ1) is 19.4. The third kappa shape index (κ3) is 7.11. The molecule has 0 fully saturated rings. The molecule has 6 heteroatoms. The minimum absolute atomic E-state index is 0. The summed E-state index contributed by atoms with van der Waals surface area (Å²) in [5.74, 6) is -0.615. The molecule has 0 saturated carbocycles. The van der Waals surface area contributed by atoms with Gasteiger partial charge in [-0.1, -0.05) is 44.2 Å². The van der Waals surface area contributed by atoms with Crippen LogP contribution in [0.15, 0.2) is 30.3 Å². The van der Waals surface area contributed by atoms with Gasteiger partial charge in [0.1, 0.15) is 6.04 Å². The molecule has 0 radical (unpaired) electrons. The second kappa shape index (κ2) is 9.37. The van der Waals surface area contributed by atoms with Gasteiger partial charge in [0.2, 0.25) is 11.8 Å². The van der Waals surface area contributed by atoms with E-state index >= 15 is 0 Å². The van der Waals surface area contributed by atoms with Gasteiger partial charge in [-0.25, -0.2) is 0 Å². The Hall–Kier alpha value is -1.59. The molecule has 5 N–H and O–H groups in total. The van der Waals surface area contributed by atoms with Crippen molar-refractivity contribution in [2.24, 2.45) is 17.4 Å². The van der Waals surface area contributed by atoms with Gasteiger partial charge in [0.15, 0.2) is 0 Å². The lowest BCUT2D eigenvalue weighted by Crippen LogP contribution is -2.51. The zero-order chi connectivity index (χ0) is 15.1. The molecule has 2 amide bonds. The largest absolute Gasteiger partial charge is 0.368 e. The third-order valence-electron chi connectivity index (χ3n) is 3.00. The predicted molar refractivity (Wildman–Crippen MR) is 85.9 cm³/mol. The van der Waals surface area contributed by atoms with Gasteiger partial charge < -0.3 is 16.8 Å². The maximum Gasteiger partial charge on any atom is 0.240 e. The van der Waals surface area contributed by atoms with E-state index in [1.807, 2.05) is 44.2 Å². The molecule has 1 aromatic carbocycles. The van der Waals surface area contributed by atoms with E-state index in [2.05, 4.69) is 5.32 Å². The number of hydrogen-bond acceptors (Lipinski definition) is 3. The van der Waals surface area contributed by atoms with Crippen LogP contribution in [0, 0.1) is 5.92 Å². The summed E-state index contributed by atoms with van der Waals surface area (Å²) >= 11 is 0. The van der Waals surface area contributed by atoms with E-state index in [4.69, 9.17) is 11.5 Å². The first-order chi connectivity index (χ1) is 9.40. The number of hydrogen-bond donors (Lipinski definition) is 3. The zero-order valence-corrected chi connectivity index (χ0v) is 13.2. The van der Waals surface area contributed by atoms with Gasteiger partial charge in [-0.2, -0.15) is 0 Å². The molecule has 5 nitrogen and oxygen atoms in total. The highest BCUT2D eigenvalue weighted by molar-refractivity contribution is 5.89. The third-order valence-corrected chi connectivity index (χ3v) is 3.00. The maximum atomic E-state index is 12.0. The minimum atomic E-state index is -0.689. The Balaban J connectivity index is 0.00000400. The monoisotopic (exact) mass is 313 g/mol. The fourth-order valence-electron chi connectivity index (χ4n) is 1.96. The van der Waals surface area contributed by atoms with E-state index in [9.17, 15) is 9.59 Å². The number of carbonyl (C=O) groups is 2. The summed E-state index contributed by atoms with van der Waals surface area (Å²) in [4.78, 5) is 23.3. The highest BCUT2D eigenvalue weighted by Gasteiger charge is 2.22. The van der Waals surface area contributed by atoms with Crippen LogP contribution in [-0.4, -0.2) is 23.9 Å². The number of benzene rings is 1. The van der Waals surface area contributed by atoms with Crippen molar-refractivity contribution in [2.45, 2.75) is 38.8 Å². The van der Waals surface area contributed by atoms with Crippen molar-refractivity contribution in [1.82, 2.24) is 5.32 Å². The van der Waals surface area contributed by atoms with Crippen LogP contribution in [0.5, 0.6) is 0 Å². The van der Waals surface area contributed by atoms with Gasteiger partial charge in [-0.05, 0) is 24.3 Å². The Morgan fingerprint density at radius 2 is 1.76 bits per heavy atom. The lowest BCUT2D eigenvalue weighted by molar-refractivity contribution is -0.128. The Morgan fingerprint density at radius 3 is 2.24 bits per heavy atom. The number of nitrogens with two attached hydrogens (primary N) is 2. The molecule has 0 aliphatic rings. The van der Waals surface area contributed by atoms with Crippen molar-refractivity contribution >= 4 is 24.2 Å². The molecule has 0 aromatic heterocycles. The fraction of sp³-hybridized carbons (Fsp3) is 0.467. The Bertz CT molecular complexity index is 451. The number of halogens is 1. The summed E-state index contributed by atoms with van der Waals surface area (Å²) in [7, 11) is 0. The van der Waals surface area contributed by atoms with E-state index in [0.29, 0.717) is 12.8 Å². The van der Waals surface area contributed by atoms with Gasteiger partial charge in [0.05, 0.1) is 6.04 Å². The molecule has 118 valence electrons. The topological polar surface area (TPSA) is 98.2 Å². The average Bonchev–Trinajstić information content (AvgIpc) is 2.38. The first-order valence-corrected chi connectivity index (χ1v) is 6.79. The van der Waals surface area contributed by atoms with Gasteiger partial charge in [-0.15, -0.1) is 12.4 Å². The second-order valence-corrected chi connectivity index (χ2v) is 5.39. The number of rotatable bonds is 7. The lowest BCUT2D eigenvalue weighted by Gasteiger charge is -2.20. The van der Waals surface area contributed by atoms with E-state index in [0.717, 1.165) is 5.56 Å². The smallest absolute Gasteiger partial charge is 0.240 e. The highest BCUT2D eigenvalue weighted by Crippen LogP contribution is 2.06. The number of carbonyl (C=O) groups excluding carboxylic acids is 2. The molecule has 0 heterocycles. The highest BCUT2D eigenvalue weighted by atomic mass is 35.5. The Kier molecular flexibility index (Phi) is 8.66. The molecule has 0 bridgehead atoms. The summed E-state index contributed by atoms with van der Waals surface area (Å²) < 4.78 is 0. The van der Waals surface area contributed by atoms with E-state index < -0.39 is 18.0 Å². The van der Waals surface area contributed by atoms with E-state index in [1.54, 1.807) is 0 Å². The standard InChI is InChI=1S/C15H23N3O2.ClH/c1-10(2)8-13(14(17)19)18-15(20)12(16)9-11-6-4-3-5-7-11;/h3-7,10,12-13H,8-9,16H2,1-2H3,(H2,17,19)(H,18,20);1H/t12-,13-;/m1./s1. The van der Waals surface area contributed by atoms with E-state index in [-0.39, 0.29) is 24.2 Å². The van der Waals surface area contributed by atoms with Gasteiger partial charge >= 0.3 is 0 Å². The molecular weight excluding hydrogens is 290 g/mol. The average molecular weight is 314 g/mol.